The minimum absolute atomic E-state index is 0.250. The van der Waals surface area contributed by atoms with E-state index in [1.165, 1.54) is 0 Å². The molecular weight excluding hydrogens is 493 g/mol. The van der Waals surface area contributed by atoms with Crippen LogP contribution in [0.5, 0.6) is 0 Å². The summed E-state index contributed by atoms with van der Waals surface area (Å²) in [5, 5.41) is 3.69. The highest BCUT2D eigenvalue weighted by atomic mass is 35.5. The standard InChI is InChI=1S/C25H25Cl2N3O3S/c1-18-2-8-24(9-3-18)34(32,33)30-12-10-29(11-13-30)17-19-4-6-20(7-5-19)25(31)28-23-15-21(26)14-22(27)16-23/h2-9,14-16H,10-13,17H2,1H3,(H,28,31). The maximum absolute atomic E-state index is 12.9. The monoisotopic (exact) mass is 517 g/mol. The lowest BCUT2D eigenvalue weighted by molar-refractivity contribution is 0.102. The first-order valence-corrected chi connectivity index (χ1v) is 13.1. The molecule has 9 heteroatoms. The van der Waals surface area contributed by atoms with Gasteiger partial charge < -0.3 is 5.32 Å². The summed E-state index contributed by atoms with van der Waals surface area (Å²) in [6.07, 6.45) is 0. The van der Waals surface area contributed by atoms with E-state index in [4.69, 9.17) is 23.2 Å². The molecular formula is C25H25Cl2N3O3S. The minimum Gasteiger partial charge on any atom is -0.322 e. The van der Waals surface area contributed by atoms with E-state index in [1.807, 2.05) is 31.2 Å². The minimum atomic E-state index is -3.48. The molecule has 1 N–H and O–H groups in total. The van der Waals surface area contributed by atoms with Crippen LogP contribution in [0.2, 0.25) is 10.0 Å². The van der Waals surface area contributed by atoms with Crippen molar-refractivity contribution in [1.29, 1.82) is 0 Å². The normalized spacial score (nSPS) is 15.3. The Morgan fingerprint density at radius 2 is 1.47 bits per heavy atom. The molecule has 3 aromatic carbocycles. The van der Waals surface area contributed by atoms with Crippen molar-refractivity contribution >= 4 is 44.8 Å². The van der Waals surface area contributed by atoms with Crippen LogP contribution in [0.25, 0.3) is 0 Å². The molecule has 34 heavy (non-hydrogen) atoms. The fourth-order valence-corrected chi connectivity index (χ4v) is 5.78. The number of rotatable bonds is 6. The smallest absolute Gasteiger partial charge is 0.255 e. The third-order valence-electron chi connectivity index (χ3n) is 5.73. The number of piperazine rings is 1. The molecule has 1 heterocycles. The first-order valence-electron chi connectivity index (χ1n) is 10.9. The summed E-state index contributed by atoms with van der Waals surface area (Å²) in [5.41, 5.74) is 3.14. The van der Waals surface area contributed by atoms with E-state index in [0.717, 1.165) is 11.1 Å². The predicted octanol–water partition coefficient (Wildman–Crippen LogP) is 5.06. The highest BCUT2D eigenvalue weighted by Crippen LogP contribution is 2.23. The van der Waals surface area contributed by atoms with Gasteiger partial charge in [-0.1, -0.05) is 53.0 Å². The van der Waals surface area contributed by atoms with Crippen LogP contribution < -0.4 is 5.32 Å². The number of halogens is 2. The van der Waals surface area contributed by atoms with Crippen LogP contribution in [-0.2, 0) is 16.6 Å². The van der Waals surface area contributed by atoms with Gasteiger partial charge in [-0.05, 0) is 55.0 Å². The van der Waals surface area contributed by atoms with Gasteiger partial charge in [-0.25, -0.2) is 8.42 Å². The number of amides is 1. The summed E-state index contributed by atoms with van der Waals surface area (Å²) in [6, 6.07) is 19.2. The van der Waals surface area contributed by atoms with Gasteiger partial charge in [-0.15, -0.1) is 0 Å². The average molecular weight is 518 g/mol. The second kappa shape index (κ2) is 10.5. The summed E-state index contributed by atoms with van der Waals surface area (Å²) < 4.78 is 27.3. The van der Waals surface area contributed by atoms with Crippen LogP contribution in [0, 0.1) is 6.92 Å². The molecule has 0 saturated carbocycles. The van der Waals surface area contributed by atoms with E-state index in [2.05, 4.69) is 10.2 Å². The second-order valence-corrected chi connectivity index (χ2v) is 11.1. The van der Waals surface area contributed by atoms with Gasteiger partial charge in [0.25, 0.3) is 5.91 Å². The number of anilines is 1. The molecule has 1 fully saturated rings. The summed E-state index contributed by atoms with van der Waals surface area (Å²) >= 11 is 12.0. The first-order chi connectivity index (χ1) is 16.2. The Morgan fingerprint density at radius 1 is 0.882 bits per heavy atom. The predicted molar refractivity (Wildman–Crippen MR) is 136 cm³/mol. The maximum Gasteiger partial charge on any atom is 0.255 e. The zero-order valence-electron chi connectivity index (χ0n) is 18.7. The van der Waals surface area contributed by atoms with Gasteiger partial charge in [0.1, 0.15) is 0 Å². The molecule has 1 amide bonds. The van der Waals surface area contributed by atoms with E-state index in [0.29, 0.717) is 58.9 Å². The Morgan fingerprint density at radius 3 is 2.06 bits per heavy atom. The molecule has 0 radical (unpaired) electrons. The molecule has 1 aliphatic rings. The third kappa shape index (κ3) is 5.98. The highest BCUT2D eigenvalue weighted by molar-refractivity contribution is 7.89. The molecule has 6 nitrogen and oxygen atoms in total. The van der Waals surface area contributed by atoms with Crippen molar-refractivity contribution in [3.05, 3.63) is 93.5 Å². The zero-order valence-corrected chi connectivity index (χ0v) is 21.0. The number of nitrogens with one attached hydrogen (secondary N) is 1. The summed E-state index contributed by atoms with van der Waals surface area (Å²) in [4.78, 5) is 15.1. The first kappa shape index (κ1) is 24.7. The van der Waals surface area contributed by atoms with Crippen LogP contribution in [0.4, 0.5) is 5.69 Å². The van der Waals surface area contributed by atoms with Crippen LogP contribution >= 0.6 is 23.2 Å². The maximum atomic E-state index is 12.9. The largest absolute Gasteiger partial charge is 0.322 e. The molecule has 0 unspecified atom stereocenters. The van der Waals surface area contributed by atoms with Crippen LogP contribution in [0.3, 0.4) is 0 Å². The highest BCUT2D eigenvalue weighted by Gasteiger charge is 2.28. The number of hydrogen-bond donors (Lipinski definition) is 1. The lowest BCUT2D eigenvalue weighted by Crippen LogP contribution is -2.48. The summed E-state index contributed by atoms with van der Waals surface area (Å²) in [6.45, 7) is 4.79. The second-order valence-electron chi connectivity index (χ2n) is 8.30. The van der Waals surface area contributed by atoms with Gasteiger partial charge in [-0.2, -0.15) is 4.31 Å². The summed E-state index contributed by atoms with van der Waals surface area (Å²) in [5.74, 6) is -0.250. The Balaban J connectivity index is 1.32. The molecule has 0 spiro atoms. The molecule has 0 bridgehead atoms. The fraction of sp³-hybridized carbons (Fsp3) is 0.240. The van der Waals surface area contributed by atoms with Gasteiger partial charge in [0.15, 0.2) is 0 Å². The van der Waals surface area contributed by atoms with Crippen LogP contribution in [0.1, 0.15) is 21.5 Å². The Kier molecular flexibility index (Phi) is 7.60. The molecule has 4 rings (SSSR count). The van der Waals surface area contributed by atoms with Gasteiger partial charge in [-0.3, -0.25) is 9.69 Å². The molecule has 3 aromatic rings. The lowest BCUT2D eigenvalue weighted by atomic mass is 10.1. The molecule has 0 aromatic heterocycles. The van der Waals surface area contributed by atoms with E-state index in [1.54, 1.807) is 46.8 Å². The van der Waals surface area contributed by atoms with E-state index in [9.17, 15) is 13.2 Å². The van der Waals surface area contributed by atoms with E-state index in [-0.39, 0.29) is 5.91 Å². The Bertz CT molecular complexity index is 1250. The van der Waals surface area contributed by atoms with Crippen molar-refractivity contribution in [2.45, 2.75) is 18.4 Å². The topological polar surface area (TPSA) is 69.7 Å². The number of benzene rings is 3. The SMILES string of the molecule is Cc1ccc(S(=O)(=O)N2CCN(Cc3ccc(C(=O)Nc4cc(Cl)cc(Cl)c4)cc3)CC2)cc1. The van der Waals surface area contributed by atoms with Crippen molar-refractivity contribution in [3.8, 4) is 0 Å². The zero-order chi connectivity index (χ0) is 24.3. The number of carbonyl (C=O) groups excluding carboxylic acids is 1. The van der Waals surface area contributed by atoms with Gasteiger partial charge >= 0.3 is 0 Å². The van der Waals surface area contributed by atoms with Crippen molar-refractivity contribution in [3.63, 3.8) is 0 Å². The van der Waals surface area contributed by atoms with Crippen LogP contribution in [0.15, 0.2) is 71.6 Å². The van der Waals surface area contributed by atoms with Gasteiger partial charge in [0.05, 0.1) is 4.90 Å². The van der Waals surface area contributed by atoms with Crippen LogP contribution in [-0.4, -0.2) is 49.7 Å². The lowest BCUT2D eigenvalue weighted by Gasteiger charge is -2.34. The molecule has 1 saturated heterocycles. The third-order valence-corrected chi connectivity index (χ3v) is 8.08. The molecule has 1 aliphatic heterocycles. The quantitative estimate of drug-likeness (QED) is 0.496. The molecule has 178 valence electrons. The van der Waals surface area contributed by atoms with E-state index < -0.39 is 10.0 Å². The van der Waals surface area contributed by atoms with Crippen molar-refractivity contribution < 1.29 is 13.2 Å². The van der Waals surface area contributed by atoms with Crippen molar-refractivity contribution in [2.24, 2.45) is 0 Å². The van der Waals surface area contributed by atoms with Gasteiger partial charge in [0, 0.05) is 54.0 Å². The fourth-order valence-electron chi connectivity index (χ4n) is 3.84. The Labute approximate surface area is 210 Å². The number of carbonyl (C=O) groups is 1. The van der Waals surface area contributed by atoms with Crippen molar-refractivity contribution in [2.75, 3.05) is 31.5 Å². The number of nitrogens with zero attached hydrogens (tertiary/aromatic N) is 2. The Hall–Kier alpha value is -2.42. The van der Waals surface area contributed by atoms with Gasteiger partial charge in [0.2, 0.25) is 10.0 Å². The van der Waals surface area contributed by atoms with E-state index >= 15 is 0 Å². The van der Waals surface area contributed by atoms with Crippen molar-refractivity contribution in [1.82, 2.24) is 9.21 Å². The number of aryl methyl sites for hydroxylation is 1. The molecule has 0 aliphatic carbocycles. The molecule has 0 atom stereocenters. The number of sulfonamides is 1. The number of hydrogen-bond acceptors (Lipinski definition) is 4. The average Bonchev–Trinajstić information content (AvgIpc) is 2.79. The summed E-state index contributed by atoms with van der Waals surface area (Å²) in [7, 11) is -3.48.